The van der Waals surface area contributed by atoms with Crippen LogP contribution in [-0.4, -0.2) is 32.0 Å². The van der Waals surface area contributed by atoms with Gasteiger partial charge < -0.3 is 19.9 Å². The van der Waals surface area contributed by atoms with Gasteiger partial charge in [-0.15, -0.1) is 0 Å². The maximum Gasteiger partial charge on any atom is 0.161 e. The molecule has 4 nitrogen and oxygen atoms in total. The minimum atomic E-state index is -0.00799. The molecule has 0 radical (unpaired) electrons. The third-order valence-corrected chi connectivity index (χ3v) is 3.34. The van der Waals surface area contributed by atoms with Crippen LogP contribution < -0.4 is 14.8 Å². The molecule has 0 saturated carbocycles. The highest BCUT2D eigenvalue weighted by Crippen LogP contribution is 2.27. The Balaban J connectivity index is 1.82. The summed E-state index contributed by atoms with van der Waals surface area (Å²) in [6.07, 6.45) is 1.01. The molecule has 2 rings (SSSR count). The van der Waals surface area contributed by atoms with E-state index >= 15 is 0 Å². The molecule has 2 aromatic rings. The molecule has 0 aliphatic heterocycles. The Morgan fingerprint density at radius 3 is 2.55 bits per heavy atom. The van der Waals surface area contributed by atoms with E-state index in [1.54, 1.807) is 7.11 Å². The van der Waals surface area contributed by atoms with Crippen LogP contribution in [0.25, 0.3) is 0 Å². The Bertz CT molecular complexity index is 558. The fourth-order valence-corrected chi connectivity index (χ4v) is 2.21. The minimum Gasteiger partial charge on any atom is -0.493 e. The summed E-state index contributed by atoms with van der Waals surface area (Å²) in [4.78, 5) is 0. The second-order valence-corrected chi connectivity index (χ2v) is 4.97. The largest absolute Gasteiger partial charge is 0.493 e. The molecule has 0 fully saturated rings. The highest BCUT2D eigenvalue weighted by molar-refractivity contribution is 5.42. The molecule has 0 aromatic heterocycles. The molecule has 0 atom stereocenters. The molecule has 2 N–H and O–H groups in total. The van der Waals surface area contributed by atoms with Crippen LogP contribution in [0.4, 0.5) is 0 Å². The molecule has 0 saturated heterocycles. The van der Waals surface area contributed by atoms with Gasteiger partial charge in [-0.2, -0.15) is 0 Å². The zero-order valence-corrected chi connectivity index (χ0v) is 12.9. The average molecular weight is 301 g/mol. The van der Waals surface area contributed by atoms with E-state index in [-0.39, 0.29) is 13.2 Å². The molecular formula is C18H23NO3. The van der Waals surface area contributed by atoms with Gasteiger partial charge in [0.05, 0.1) is 13.7 Å². The smallest absolute Gasteiger partial charge is 0.161 e. The number of hydrogen-bond acceptors (Lipinski definition) is 4. The van der Waals surface area contributed by atoms with Gasteiger partial charge in [-0.05, 0) is 36.2 Å². The predicted octanol–water partition coefficient (Wildman–Crippen LogP) is 2.40. The monoisotopic (exact) mass is 301 g/mol. The quantitative estimate of drug-likeness (QED) is 0.698. The fraction of sp³-hybridized carbons (Fsp3) is 0.333. The molecule has 0 unspecified atom stereocenters. The van der Waals surface area contributed by atoms with E-state index in [9.17, 15) is 0 Å². The molecular weight excluding hydrogens is 278 g/mol. The van der Waals surface area contributed by atoms with Crippen molar-refractivity contribution in [1.29, 1.82) is 0 Å². The van der Waals surface area contributed by atoms with Crippen molar-refractivity contribution in [2.75, 3.05) is 26.9 Å². The van der Waals surface area contributed by atoms with Crippen LogP contribution in [0, 0.1) is 0 Å². The van der Waals surface area contributed by atoms with Gasteiger partial charge in [0, 0.05) is 6.54 Å². The fourth-order valence-electron chi connectivity index (χ4n) is 2.21. The van der Waals surface area contributed by atoms with Crippen molar-refractivity contribution >= 4 is 0 Å². The normalized spacial score (nSPS) is 10.5. The lowest BCUT2D eigenvalue weighted by Crippen LogP contribution is -2.16. The van der Waals surface area contributed by atoms with Crippen LogP contribution >= 0.6 is 0 Å². The molecule has 0 aliphatic carbocycles. The second-order valence-electron chi connectivity index (χ2n) is 4.97. The number of methoxy groups -OCH3 is 1. The molecule has 0 spiro atoms. The molecule has 4 heteroatoms. The Morgan fingerprint density at radius 1 is 1.00 bits per heavy atom. The highest BCUT2D eigenvalue weighted by atomic mass is 16.5. The summed E-state index contributed by atoms with van der Waals surface area (Å²) in [5, 5.41) is 12.2. The molecule has 0 heterocycles. The summed E-state index contributed by atoms with van der Waals surface area (Å²) in [7, 11) is 1.62. The Morgan fingerprint density at radius 2 is 1.82 bits per heavy atom. The molecule has 22 heavy (non-hydrogen) atoms. The number of hydrogen-bond donors (Lipinski definition) is 2. The van der Waals surface area contributed by atoms with E-state index in [4.69, 9.17) is 14.6 Å². The Kier molecular flexibility index (Phi) is 6.74. The predicted molar refractivity (Wildman–Crippen MR) is 87.4 cm³/mol. The summed E-state index contributed by atoms with van der Waals surface area (Å²) in [6, 6.07) is 16.3. The van der Waals surface area contributed by atoms with E-state index in [2.05, 4.69) is 29.6 Å². The van der Waals surface area contributed by atoms with Crippen LogP contribution in [0.1, 0.15) is 11.1 Å². The summed E-state index contributed by atoms with van der Waals surface area (Å²) in [6.45, 7) is 1.97. The number of ether oxygens (including phenoxy) is 2. The van der Waals surface area contributed by atoms with Crippen LogP contribution in [0.2, 0.25) is 0 Å². The van der Waals surface area contributed by atoms with Gasteiger partial charge in [-0.1, -0.05) is 36.4 Å². The Hall–Kier alpha value is -2.04. The number of benzene rings is 2. The van der Waals surface area contributed by atoms with Gasteiger partial charge in [0.25, 0.3) is 0 Å². The summed E-state index contributed by atoms with van der Waals surface area (Å²) in [5.41, 5.74) is 2.47. The van der Waals surface area contributed by atoms with Crippen LogP contribution in [0.5, 0.6) is 11.5 Å². The lowest BCUT2D eigenvalue weighted by Gasteiger charge is -2.12. The van der Waals surface area contributed by atoms with Crippen molar-refractivity contribution in [3.63, 3.8) is 0 Å². The first-order chi connectivity index (χ1) is 10.8. The first-order valence-corrected chi connectivity index (χ1v) is 7.48. The average Bonchev–Trinajstić information content (AvgIpc) is 2.58. The van der Waals surface area contributed by atoms with Crippen molar-refractivity contribution in [3.8, 4) is 11.5 Å². The van der Waals surface area contributed by atoms with Crippen LogP contribution in [0.3, 0.4) is 0 Å². The van der Waals surface area contributed by atoms with Gasteiger partial charge in [0.2, 0.25) is 0 Å². The zero-order chi connectivity index (χ0) is 15.6. The minimum absolute atomic E-state index is 0.00799. The van der Waals surface area contributed by atoms with Crippen LogP contribution in [-0.2, 0) is 13.0 Å². The van der Waals surface area contributed by atoms with Crippen molar-refractivity contribution < 1.29 is 14.6 Å². The number of aliphatic hydroxyl groups is 1. The third kappa shape index (κ3) is 5.06. The first-order valence-electron chi connectivity index (χ1n) is 7.48. The van der Waals surface area contributed by atoms with Gasteiger partial charge in [0.15, 0.2) is 11.5 Å². The standard InChI is InChI=1S/C18H23NO3/c1-21-18-13-16(7-8-17(18)22-12-11-20)14-19-10-9-15-5-3-2-4-6-15/h2-8,13,19-20H,9-12,14H2,1H3. The van der Waals surface area contributed by atoms with E-state index in [0.717, 1.165) is 25.1 Å². The van der Waals surface area contributed by atoms with Gasteiger partial charge in [0.1, 0.15) is 6.61 Å². The van der Waals surface area contributed by atoms with Gasteiger partial charge >= 0.3 is 0 Å². The Labute approximate surface area is 131 Å². The van der Waals surface area contributed by atoms with Crippen molar-refractivity contribution in [2.45, 2.75) is 13.0 Å². The summed E-state index contributed by atoms with van der Waals surface area (Å²) < 4.78 is 10.7. The molecule has 0 bridgehead atoms. The lowest BCUT2D eigenvalue weighted by molar-refractivity contribution is 0.196. The maximum atomic E-state index is 8.81. The van der Waals surface area contributed by atoms with Gasteiger partial charge in [-0.25, -0.2) is 0 Å². The molecule has 0 amide bonds. The van der Waals surface area contributed by atoms with Crippen molar-refractivity contribution in [1.82, 2.24) is 5.32 Å². The number of aliphatic hydroxyl groups excluding tert-OH is 1. The summed E-state index contributed by atoms with van der Waals surface area (Å²) in [5.74, 6) is 1.35. The highest BCUT2D eigenvalue weighted by Gasteiger charge is 2.05. The SMILES string of the molecule is COc1cc(CNCCc2ccccc2)ccc1OCCO. The molecule has 118 valence electrons. The topological polar surface area (TPSA) is 50.7 Å². The second kappa shape index (κ2) is 9.07. The first kappa shape index (κ1) is 16.3. The maximum absolute atomic E-state index is 8.81. The zero-order valence-electron chi connectivity index (χ0n) is 12.9. The van der Waals surface area contributed by atoms with E-state index < -0.39 is 0 Å². The van der Waals surface area contributed by atoms with Crippen molar-refractivity contribution in [2.24, 2.45) is 0 Å². The van der Waals surface area contributed by atoms with Crippen molar-refractivity contribution in [3.05, 3.63) is 59.7 Å². The van der Waals surface area contributed by atoms with Gasteiger partial charge in [-0.3, -0.25) is 0 Å². The summed E-state index contributed by atoms with van der Waals surface area (Å²) >= 11 is 0. The van der Waals surface area contributed by atoms with E-state index in [1.165, 1.54) is 5.56 Å². The molecule has 2 aromatic carbocycles. The number of rotatable bonds is 9. The van der Waals surface area contributed by atoms with E-state index in [1.807, 2.05) is 24.3 Å². The van der Waals surface area contributed by atoms with Crippen LogP contribution in [0.15, 0.2) is 48.5 Å². The van der Waals surface area contributed by atoms with E-state index in [0.29, 0.717) is 11.5 Å². The molecule has 0 aliphatic rings. The third-order valence-electron chi connectivity index (χ3n) is 3.34. The number of nitrogens with one attached hydrogen (secondary N) is 1. The lowest BCUT2D eigenvalue weighted by atomic mass is 10.1.